The molecule has 1 aromatic carbocycles. The molecule has 1 N–H and O–H groups in total. The Morgan fingerprint density at radius 3 is 2.67 bits per heavy atom. The van der Waals surface area contributed by atoms with Gasteiger partial charge < -0.3 is 0 Å². The summed E-state index contributed by atoms with van der Waals surface area (Å²) in [7, 11) is -3.68. The first-order valence-electron chi connectivity index (χ1n) is 7.19. The minimum atomic E-state index is -3.68. The van der Waals surface area contributed by atoms with Gasteiger partial charge in [0.05, 0.1) is 4.90 Å². The van der Waals surface area contributed by atoms with Crippen LogP contribution in [0.4, 0.5) is 4.39 Å². The SMILES string of the molecule is C=CC(C)(C)NS(=O)(=O)c1ccc(F)c(CCC2CC2)c1. The molecule has 1 fully saturated rings. The summed E-state index contributed by atoms with van der Waals surface area (Å²) in [5.74, 6) is 0.347. The molecule has 0 amide bonds. The van der Waals surface area contributed by atoms with Crippen molar-refractivity contribution in [3.05, 3.63) is 42.2 Å². The molecule has 2 rings (SSSR count). The van der Waals surface area contributed by atoms with Gasteiger partial charge in [0.15, 0.2) is 0 Å². The Kier molecular flexibility index (Phi) is 4.54. The first-order chi connectivity index (χ1) is 9.73. The molecule has 1 saturated carbocycles. The summed E-state index contributed by atoms with van der Waals surface area (Å²) < 4.78 is 41.0. The molecule has 0 aliphatic heterocycles. The van der Waals surface area contributed by atoms with Crippen LogP contribution in [0.1, 0.15) is 38.7 Å². The van der Waals surface area contributed by atoms with Crippen LogP contribution < -0.4 is 4.72 Å². The summed E-state index contributed by atoms with van der Waals surface area (Å²) in [6.45, 7) is 7.05. The molecule has 21 heavy (non-hydrogen) atoms. The third-order valence-electron chi connectivity index (χ3n) is 3.75. The Labute approximate surface area is 126 Å². The van der Waals surface area contributed by atoms with E-state index in [1.807, 2.05) is 0 Å². The lowest BCUT2D eigenvalue weighted by Crippen LogP contribution is -2.41. The minimum absolute atomic E-state index is 0.102. The molecule has 3 nitrogen and oxygen atoms in total. The van der Waals surface area contributed by atoms with E-state index in [0.29, 0.717) is 17.9 Å². The van der Waals surface area contributed by atoms with Crippen LogP contribution in [0.15, 0.2) is 35.7 Å². The highest BCUT2D eigenvalue weighted by molar-refractivity contribution is 7.89. The largest absolute Gasteiger partial charge is 0.241 e. The highest BCUT2D eigenvalue weighted by Gasteiger charge is 2.25. The lowest BCUT2D eigenvalue weighted by molar-refractivity contribution is 0.529. The van der Waals surface area contributed by atoms with E-state index in [0.717, 1.165) is 6.42 Å². The van der Waals surface area contributed by atoms with Crippen molar-refractivity contribution in [2.75, 3.05) is 0 Å². The summed E-state index contributed by atoms with van der Waals surface area (Å²) in [6.07, 6.45) is 5.45. The highest BCUT2D eigenvalue weighted by atomic mass is 32.2. The predicted octanol–water partition coefficient (Wildman–Crippen LogP) is 3.41. The van der Waals surface area contributed by atoms with Crippen molar-refractivity contribution in [3.8, 4) is 0 Å². The number of rotatable bonds is 7. The van der Waals surface area contributed by atoms with Gasteiger partial charge in [0.25, 0.3) is 0 Å². The lowest BCUT2D eigenvalue weighted by atomic mass is 10.1. The van der Waals surface area contributed by atoms with Gasteiger partial charge in [-0.05, 0) is 56.4 Å². The molecule has 0 atom stereocenters. The number of hydrogen-bond acceptors (Lipinski definition) is 2. The summed E-state index contributed by atoms with van der Waals surface area (Å²) in [6, 6.07) is 3.98. The number of nitrogens with one attached hydrogen (secondary N) is 1. The Balaban J connectivity index is 2.21. The molecule has 116 valence electrons. The van der Waals surface area contributed by atoms with Gasteiger partial charge in [-0.1, -0.05) is 18.9 Å². The van der Waals surface area contributed by atoms with Crippen LogP contribution in [-0.2, 0) is 16.4 Å². The summed E-state index contributed by atoms with van der Waals surface area (Å²) in [5.41, 5.74) is -0.275. The standard InChI is InChI=1S/C16H22FNO2S/c1-4-16(2,3)18-21(19,20)14-9-10-15(17)13(11-14)8-7-12-5-6-12/h4,9-12,18H,1,5-8H2,2-3H3. The van der Waals surface area contributed by atoms with Gasteiger partial charge >= 0.3 is 0 Å². The minimum Gasteiger partial charge on any atom is -0.207 e. The maximum atomic E-state index is 13.8. The van der Waals surface area contributed by atoms with E-state index in [9.17, 15) is 12.8 Å². The van der Waals surface area contributed by atoms with Crippen molar-refractivity contribution in [1.29, 1.82) is 0 Å². The fourth-order valence-electron chi connectivity index (χ4n) is 2.12. The van der Waals surface area contributed by atoms with Crippen LogP contribution in [0.25, 0.3) is 0 Å². The lowest BCUT2D eigenvalue weighted by Gasteiger charge is -2.21. The van der Waals surface area contributed by atoms with E-state index in [1.165, 1.54) is 37.1 Å². The topological polar surface area (TPSA) is 46.2 Å². The number of hydrogen-bond donors (Lipinski definition) is 1. The Bertz CT molecular complexity index is 634. The quantitative estimate of drug-likeness (QED) is 0.784. The molecule has 0 heterocycles. The van der Waals surface area contributed by atoms with Crippen LogP contribution in [0.5, 0.6) is 0 Å². The van der Waals surface area contributed by atoms with Gasteiger partial charge in [-0.2, -0.15) is 0 Å². The Morgan fingerprint density at radius 2 is 2.10 bits per heavy atom. The van der Waals surface area contributed by atoms with Crippen molar-refractivity contribution in [2.45, 2.75) is 50.0 Å². The van der Waals surface area contributed by atoms with Crippen molar-refractivity contribution < 1.29 is 12.8 Å². The summed E-state index contributed by atoms with van der Waals surface area (Å²) in [4.78, 5) is 0.102. The van der Waals surface area contributed by atoms with Crippen molar-refractivity contribution in [3.63, 3.8) is 0 Å². The fourth-order valence-corrected chi connectivity index (χ4v) is 3.56. The van der Waals surface area contributed by atoms with Crippen LogP contribution in [-0.4, -0.2) is 14.0 Å². The summed E-state index contributed by atoms with van der Waals surface area (Å²) in [5, 5.41) is 0. The summed E-state index contributed by atoms with van der Waals surface area (Å²) >= 11 is 0. The van der Waals surface area contributed by atoms with Crippen molar-refractivity contribution >= 4 is 10.0 Å². The molecule has 1 aliphatic rings. The molecule has 0 radical (unpaired) electrons. The zero-order chi connectivity index (χ0) is 15.7. The van der Waals surface area contributed by atoms with Gasteiger partial charge in [0.1, 0.15) is 5.82 Å². The molecule has 1 aliphatic carbocycles. The first-order valence-corrected chi connectivity index (χ1v) is 8.68. The van der Waals surface area contributed by atoms with Crippen LogP contribution in [0.2, 0.25) is 0 Å². The van der Waals surface area contributed by atoms with E-state index in [1.54, 1.807) is 13.8 Å². The van der Waals surface area contributed by atoms with Crippen molar-refractivity contribution in [1.82, 2.24) is 4.72 Å². The first kappa shape index (κ1) is 16.2. The van der Waals surface area contributed by atoms with Gasteiger partial charge in [0.2, 0.25) is 10.0 Å². The number of benzene rings is 1. The maximum absolute atomic E-state index is 13.8. The number of aryl methyl sites for hydroxylation is 1. The number of halogens is 1. The van der Waals surface area contributed by atoms with Crippen LogP contribution >= 0.6 is 0 Å². The Hall–Kier alpha value is -1.20. The third kappa shape index (κ3) is 4.38. The van der Waals surface area contributed by atoms with E-state index in [2.05, 4.69) is 11.3 Å². The monoisotopic (exact) mass is 311 g/mol. The van der Waals surface area contributed by atoms with Crippen LogP contribution in [0.3, 0.4) is 0 Å². The second kappa shape index (κ2) is 5.89. The van der Waals surface area contributed by atoms with Gasteiger partial charge in [-0.15, -0.1) is 6.58 Å². The van der Waals surface area contributed by atoms with E-state index in [4.69, 9.17) is 0 Å². The fraction of sp³-hybridized carbons (Fsp3) is 0.500. The highest BCUT2D eigenvalue weighted by Crippen LogP contribution is 2.34. The van der Waals surface area contributed by atoms with Crippen LogP contribution in [0, 0.1) is 11.7 Å². The predicted molar refractivity (Wildman–Crippen MR) is 82.0 cm³/mol. The number of sulfonamides is 1. The van der Waals surface area contributed by atoms with Gasteiger partial charge in [0, 0.05) is 5.54 Å². The molecule has 1 aromatic rings. The molecular weight excluding hydrogens is 289 g/mol. The average Bonchev–Trinajstić information content (AvgIpc) is 3.20. The van der Waals surface area contributed by atoms with E-state index in [-0.39, 0.29) is 10.7 Å². The normalized spacial score (nSPS) is 16.0. The smallest absolute Gasteiger partial charge is 0.207 e. The molecule has 0 spiro atoms. The van der Waals surface area contributed by atoms with Gasteiger partial charge in [-0.25, -0.2) is 17.5 Å². The third-order valence-corrected chi connectivity index (χ3v) is 5.42. The molecular formula is C16H22FNO2S. The molecule has 0 saturated heterocycles. The second-order valence-electron chi connectivity index (χ2n) is 6.27. The van der Waals surface area contributed by atoms with E-state index < -0.39 is 15.6 Å². The second-order valence-corrected chi connectivity index (χ2v) is 7.95. The van der Waals surface area contributed by atoms with Crippen molar-refractivity contribution in [2.24, 2.45) is 5.92 Å². The molecule has 0 bridgehead atoms. The molecule has 5 heteroatoms. The van der Waals surface area contributed by atoms with Gasteiger partial charge in [-0.3, -0.25) is 0 Å². The molecule has 0 aromatic heterocycles. The molecule has 0 unspecified atom stereocenters. The average molecular weight is 311 g/mol. The van der Waals surface area contributed by atoms with E-state index >= 15 is 0 Å². The Morgan fingerprint density at radius 1 is 1.43 bits per heavy atom. The zero-order valence-corrected chi connectivity index (χ0v) is 13.3. The maximum Gasteiger partial charge on any atom is 0.241 e. The zero-order valence-electron chi connectivity index (χ0n) is 12.5.